The number of alkyl halides is 12. The third-order valence-corrected chi connectivity index (χ3v) is 8.67. The van der Waals surface area contributed by atoms with Crippen molar-refractivity contribution in [2.24, 2.45) is 0 Å². The summed E-state index contributed by atoms with van der Waals surface area (Å²) >= 11 is 16.9. The van der Waals surface area contributed by atoms with E-state index in [4.69, 9.17) is 0 Å². The van der Waals surface area contributed by atoms with Gasteiger partial charge in [-0.3, -0.25) is 0 Å². The summed E-state index contributed by atoms with van der Waals surface area (Å²) in [5.41, 5.74) is -1.73. The quantitative estimate of drug-likeness (QED) is 0.0670. The molecule has 0 N–H and O–H groups in total. The Balaban J connectivity index is 0.000000333. The largest absolute Gasteiger partial charge is 0.416 e. The third-order valence-electron chi connectivity index (χ3n) is 6.39. The van der Waals surface area contributed by atoms with Crippen LogP contribution in [-0.2, 0) is 41.2 Å². The predicted octanol–water partition coefficient (Wildman–Crippen LogP) is 12.8. The molecule has 0 aliphatic heterocycles. The summed E-state index contributed by atoms with van der Waals surface area (Å²) < 4.78 is 150. The van der Waals surface area contributed by atoms with Crippen LogP contribution in [-0.4, -0.2) is 0 Å². The van der Waals surface area contributed by atoms with Gasteiger partial charge >= 0.3 is 24.7 Å². The number of halogens is 12. The maximum absolute atomic E-state index is 12.5. The molecule has 0 saturated carbocycles. The van der Waals surface area contributed by atoms with Gasteiger partial charge in [0.2, 0.25) is 0 Å². The molecule has 0 bridgehead atoms. The molecule has 0 spiro atoms. The molecule has 0 amide bonds. The third kappa shape index (κ3) is 11.7. The van der Waals surface area contributed by atoms with Gasteiger partial charge < -0.3 is 0 Å². The van der Waals surface area contributed by atoms with E-state index >= 15 is 0 Å². The minimum absolute atomic E-state index is 0. The van der Waals surface area contributed by atoms with Gasteiger partial charge in [0, 0.05) is 36.1 Å². The zero-order valence-electron chi connectivity index (χ0n) is 23.9. The standard InChI is InChI=1S/2C16H10F6S2.Ni/c2*17-15(18,19)11-5-1-9(2-6-11)13(23)14(24)10-3-7-12(8-4-10)16(20,21)22;/h2*1-8,23-24H;. The molecule has 0 nitrogen and oxygen atoms in total. The maximum atomic E-state index is 12.5. The van der Waals surface area contributed by atoms with Crippen molar-refractivity contribution in [3.63, 3.8) is 0 Å². The summed E-state index contributed by atoms with van der Waals surface area (Å²) in [5.74, 6) is 0. The fourth-order valence-corrected chi connectivity index (χ4v) is 4.93. The Morgan fingerprint density at radius 1 is 0.286 bits per heavy atom. The van der Waals surface area contributed by atoms with Crippen LogP contribution in [0.25, 0.3) is 19.6 Å². The van der Waals surface area contributed by atoms with Crippen LogP contribution in [0.15, 0.2) is 97.1 Å². The number of benzene rings is 4. The molecule has 0 unspecified atom stereocenters. The van der Waals surface area contributed by atoms with Gasteiger partial charge in [-0.15, -0.1) is 50.5 Å². The average molecular weight is 819 g/mol. The van der Waals surface area contributed by atoms with E-state index in [0.29, 0.717) is 22.3 Å². The second-order valence-corrected chi connectivity index (χ2v) is 11.5. The van der Waals surface area contributed by atoms with Crippen molar-refractivity contribution < 1.29 is 69.2 Å². The molecule has 49 heavy (non-hydrogen) atoms. The van der Waals surface area contributed by atoms with Crippen LogP contribution >= 0.6 is 50.5 Å². The summed E-state index contributed by atoms with van der Waals surface area (Å²) in [6, 6.07) is 17.0. The molecule has 0 radical (unpaired) electrons. The average Bonchev–Trinajstić information content (AvgIpc) is 3.02. The molecular weight excluding hydrogens is 799 g/mol. The molecule has 0 saturated heterocycles. The Labute approximate surface area is 304 Å². The molecular formula is C32H20F12NiS4. The molecule has 0 aromatic heterocycles. The van der Waals surface area contributed by atoms with Crippen molar-refractivity contribution >= 4 is 70.1 Å². The van der Waals surface area contributed by atoms with Crippen molar-refractivity contribution in [1.82, 2.24) is 0 Å². The monoisotopic (exact) mass is 818 g/mol. The van der Waals surface area contributed by atoms with Crippen LogP contribution in [0.2, 0.25) is 0 Å². The Hall–Kier alpha value is -2.59. The van der Waals surface area contributed by atoms with Gasteiger partial charge in [0.25, 0.3) is 0 Å². The van der Waals surface area contributed by atoms with Crippen LogP contribution in [0.4, 0.5) is 52.7 Å². The van der Waals surface area contributed by atoms with Crippen LogP contribution in [0.1, 0.15) is 44.5 Å². The molecule has 0 heterocycles. The number of hydrogen-bond donors (Lipinski definition) is 4. The van der Waals surface area contributed by atoms with Gasteiger partial charge in [-0.2, -0.15) is 52.7 Å². The molecule has 266 valence electrons. The number of rotatable bonds is 4. The molecule has 4 aromatic carbocycles. The summed E-state index contributed by atoms with van der Waals surface area (Å²) in [7, 11) is 0. The van der Waals surface area contributed by atoms with E-state index in [1.165, 1.54) is 48.5 Å². The van der Waals surface area contributed by atoms with Crippen molar-refractivity contribution in [3.8, 4) is 0 Å². The fraction of sp³-hybridized carbons (Fsp3) is 0.125. The van der Waals surface area contributed by atoms with E-state index in [-0.39, 0.29) is 36.1 Å². The minimum Gasteiger partial charge on any atom is -0.166 e. The topological polar surface area (TPSA) is 0 Å². The molecule has 0 aliphatic rings. The summed E-state index contributed by atoms with van der Waals surface area (Å²) in [5, 5.41) is 0. The second-order valence-electron chi connectivity index (χ2n) is 9.69. The minimum atomic E-state index is -4.45. The van der Waals surface area contributed by atoms with E-state index in [9.17, 15) is 52.7 Å². The molecule has 4 rings (SSSR count). The fourth-order valence-electron chi connectivity index (χ4n) is 3.82. The van der Waals surface area contributed by atoms with E-state index in [1.54, 1.807) is 0 Å². The van der Waals surface area contributed by atoms with E-state index in [1.807, 2.05) is 0 Å². The predicted molar refractivity (Wildman–Crippen MR) is 175 cm³/mol. The Kier molecular flexibility index (Phi) is 14.4. The first kappa shape index (κ1) is 42.6. The van der Waals surface area contributed by atoms with Crippen molar-refractivity contribution in [3.05, 3.63) is 142 Å². The van der Waals surface area contributed by atoms with Crippen LogP contribution in [0.5, 0.6) is 0 Å². The van der Waals surface area contributed by atoms with Crippen LogP contribution < -0.4 is 0 Å². The normalized spacial score (nSPS) is 13.4. The van der Waals surface area contributed by atoms with Crippen LogP contribution in [0, 0.1) is 0 Å². The molecule has 0 fully saturated rings. The number of thiol groups is 4. The van der Waals surface area contributed by atoms with Gasteiger partial charge in [-0.05, 0) is 70.8 Å². The second kappa shape index (κ2) is 16.6. The maximum Gasteiger partial charge on any atom is 0.416 e. The first-order chi connectivity index (χ1) is 22.0. The van der Waals surface area contributed by atoms with Gasteiger partial charge in [0.05, 0.1) is 22.3 Å². The van der Waals surface area contributed by atoms with Gasteiger partial charge in [-0.25, -0.2) is 0 Å². The van der Waals surface area contributed by atoms with Crippen LogP contribution in [0.3, 0.4) is 0 Å². The molecule has 17 heteroatoms. The first-order valence-electron chi connectivity index (χ1n) is 12.9. The number of hydrogen-bond acceptors (Lipinski definition) is 4. The van der Waals surface area contributed by atoms with Gasteiger partial charge in [-0.1, -0.05) is 48.5 Å². The molecule has 0 aliphatic carbocycles. The molecule has 0 atom stereocenters. The first-order valence-corrected chi connectivity index (χ1v) is 14.7. The van der Waals surface area contributed by atoms with Gasteiger partial charge in [0.15, 0.2) is 0 Å². The Morgan fingerprint density at radius 3 is 0.510 bits per heavy atom. The summed E-state index contributed by atoms with van der Waals surface area (Å²) in [4.78, 5) is 1.03. The van der Waals surface area contributed by atoms with E-state index in [2.05, 4.69) is 50.5 Å². The van der Waals surface area contributed by atoms with E-state index in [0.717, 1.165) is 48.5 Å². The summed E-state index contributed by atoms with van der Waals surface area (Å²) in [6.45, 7) is 0. The zero-order chi connectivity index (χ0) is 36.2. The van der Waals surface area contributed by atoms with Crippen molar-refractivity contribution in [1.29, 1.82) is 0 Å². The summed E-state index contributed by atoms with van der Waals surface area (Å²) in [6.07, 6.45) is -17.8. The van der Waals surface area contributed by atoms with E-state index < -0.39 is 47.0 Å². The zero-order valence-corrected chi connectivity index (χ0v) is 28.4. The smallest absolute Gasteiger partial charge is 0.166 e. The van der Waals surface area contributed by atoms with Crippen molar-refractivity contribution in [2.75, 3.05) is 0 Å². The van der Waals surface area contributed by atoms with Crippen molar-refractivity contribution in [2.45, 2.75) is 24.7 Å². The Morgan fingerprint density at radius 2 is 0.408 bits per heavy atom. The SMILES string of the molecule is FC(F)(F)c1ccc(C(S)=C(S)c2ccc(C(F)(F)F)cc2)cc1.FC(F)(F)c1ccc(C(S)=C(S)c2ccc(C(F)(F)F)cc2)cc1.[Ni]. The molecule has 4 aromatic rings. The van der Waals surface area contributed by atoms with Gasteiger partial charge in [0.1, 0.15) is 0 Å². The Bertz CT molecular complexity index is 1490.